The second-order valence-electron chi connectivity index (χ2n) is 8.60. The Kier molecular flexibility index (Phi) is 4.40. The van der Waals surface area contributed by atoms with Gasteiger partial charge in [0.1, 0.15) is 5.82 Å². The molecule has 3 aliphatic rings. The molecule has 1 aliphatic heterocycles. The summed E-state index contributed by atoms with van der Waals surface area (Å²) in [6.45, 7) is 8.30. The summed E-state index contributed by atoms with van der Waals surface area (Å²) in [5, 5.41) is 3.70. The first kappa shape index (κ1) is 17.1. The number of aromatic nitrogens is 1. The molecule has 2 atom stereocenters. The van der Waals surface area contributed by atoms with Crippen LogP contribution in [0.3, 0.4) is 0 Å². The first-order valence-electron chi connectivity index (χ1n) is 9.86. The van der Waals surface area contributed by atoms with Crippen LogP contribution in [-0.2, 0) is 4.74 Å². The molecule has 1 aromatic rings. The van der Waals surface area contributed by atoms with Crippen molar-refractivity contribution in [2.45, 2.75) is 77.2 Å². The third-order valence-electron chi connectivity index (χ3n) is 6.29. The van der Waals surface area contributed by atoms with Crippen LogP contribution in [0.4, 0.5) is 11.5 Å². The van der Waals surface area contributed by atoms with E-state index in [2.05, 4.69) is 43.1 Å². The monoisotopic (exact) mass is 344 g/mol. The Labute approximate surface area is 151 Å². The van der Waals surface area contributed by atoms with Crippen molar-refractivity contribution in [2.24, 2.45) is 11.1 Å². The number of pyridine rings is 1. The van der Waals surface area contributed by atoms with Gasteiger partial charge in [0, 0.05) is 25.2 Å². The van der Waals surface area contributed by atoms with Gasteiger partial charge in [-0.2, -0.15) is 0 Å². The van der Waals surface area contributed by atoms with Gasteiger partial charge < -0.3 is 20.7 Å². The number of nitrogens with two attached hydrogens (primary N) is 1. The molecule has 1 saturated heterocycles. The van der Waals surface area contributed by atoms with Gasteiger partial charge in [-0.15, -0.1) is 0 Å². The van der Waals surface area contributed by atoms with E-state index in [1.165, 1.54) is 31.4 Å². The van der Waals surface area contributed by atoms with Crippen molar-refractivity contribution in [2.75, 3.05) is 23.3 Å². The normalized spacial score (nSPS) is 37.5. The van der Waals surface area contributed by atoms with E-state index in [1.807, 2.05) is 0 Å². The maximum atomic E-state index is 5.97. The Hall–Kier alpha value is -1.33. The number of hydrogen-bond acceptors (Lipinski definition) is 5. The molecule has 4 rings (SSSR count). The van der Waals surface area contributed by atoms with Crippen LogP contribution in [0, 0.1) is 12.3 Å². The molecule has 138 valence electrons. The number of nitrogens with zero attached hydrogens (tertiary/aromatic N) is 2. The maximum Gasteiger partial charge on any atom is 0.129 e. The van der Waals surface area contributed by atoms with Crippen molar-refractivity contribution in [1.29, 1.82) is 0 Å². The number of aryl methyl sites for hydroxylation is 1. The quantitative estimate of drug-likeness (QED) is 0.879. The summed E-state index contributed by atoms with van der Waals surface area (Å²) in [5.41, 5.74) is 8.80. The molecular formula is C20H32N4O. The number of hydrogen-bond donors (Lipinski definition) is 2. The van der Waals surface area contributed by atoms with Crippen molar-refractivity contribution in [3.8, 4) is 0 Å². The summed E-state index contributed by atoms with van der Waals surface area (Å²) >= 11 is 0. The minimum absolute atomic E-state index is 0.263. The minimum atomic E-state index is 0.263. The third-order valence-corrected chi connectivity index (χ3v) is 6.29. The van der Waals surface area contributed by atoms with E-state index in [0.717, 1.165) is 31.0 Å². The molecule has 0 bridgehead atoms. The van der Waals surface area contributed by atoms with Crippen LogP contribution in [0.25, 0.3) is 0 Å². The number of rotatable bonds is 4. The van der Waals surface area contributed by atoms with Crippen LogP contribution in [0.5, 0.6) is 0 Å². The highest BCUT2D eigenvalue weighted by atomic mass is 16.5. The SMILES string of the molecule is CCC1CN(c2ccc(NC3CC4(CC(N)C4)C3)c(C)n2)CC(C)O1. The summed E-state index contributed by atoms with van der Waals surface area (Å²) in [7, 11) is 0. The summed E-state index contributed by atoms with van der Waals surface area (Å²) < 4.78 is 5.97. The molecule has 25 heavy (non-hydrogen) atoms. The lowest BCUT2D eigenvalue weighted by molar-refractivity contribution is -0.0174. The number of anilines is 2. The molecule has 0 amide bonds. The van der Waals surface area contributed by atoms with Crippen molar-refractivity contribution >= 4 is 11.5 Å². The van der Waals surface area contributed by atoms with E-state index in [0.29, 0.717) is 23.6 Å². The predicted octanol–water partition coefficient (Wildman–Crippen LogP) is 3.08. The lowest BCUT2D eigenvalue weighted by Gasteiger charge is -2.57. The lowest BCUT2D eigenvalue weighted by atomic mass is 9.52. The maximum absolute atomic E-state index is 5.97. The van der Waals surface area contributed by atoms with E-state index in [9.17, 15) is 0 Å². The van der Waals surface area contributed by atoms with E-state index < -0.39 is 0 Å². The van der Waals surface area contributed by atoms with E-state index in [-0.39, 0.29) is 6.10 Å². The van der Waals surface area contributed by atoms with Crippen molar-refractivity contribution in [3.63, 3.8) is 0 Å². The highest BCUT2D eigenvalue weighted by Gasteiger charge is 2.51. The minimum Gasteiger partial charge on any atom is -0.381 e. The van der Waals surface area contributed by atoms with Gasteiger partial charge in [0.05, 0.1) is 23.6 Å². The van der Waals surface area contributed by atoms with E-state index >= 15 is 0 Å². The summed E-state index contributed by atoms with van der Waals surface area (Å²) in [6, 6.07) is 5.41. The molecule has 2 saturated carbocycles. The van der Waals surface area contributed by atoms with Crippen molar-refractivity contribution < 1.29 is 4.74 Å². The fraction of sp³-hybridized carbons (Fsp3) is 0.750. The van der Waals surface area contributed by atoms with Crippen molar-refractivity contribution in [3.05, 3.63) is 17.8 Å². The Balaban J connectivity index is 1.38. The second-order valence-corrected chi connectivity index (χ2v) is 8.60. The fourth-order valence-corrected chi connectivity index (χ4v) is 5.03. The van der Waals surface area contributed by atoms with E-state index in [1.54, 1.807) is 0 Å². The molecule has 5 heteroatoms. The van der Waals surface area contributed by atoms with Gasteiger partial charge in [-0.05, 0) is 63.5 Å². The molecule has 5 nitrogen and oxygen atoms in total. The van der Waals surface area contributed by atoms with Crippen LogP contribution in [0.2, 0.25) is 0 Å². The molecule has 3 N–H and O–H groups in total. The zero-order valence-electron chi connectivity index (χ0n) is 15.8. The molecule has 0 aromatic carbocycles. The highest BCUT2D eigenvalue weighted by Crippen LogP contribution is 2.55. The van der Waals surface area contributed by atoms with Gasteiger partial charge in [0.25, 0.3) is 0 Å². The topological polar surface area (TPSA) is 63.4 Å². The lowest BCUT2D eigenvalue weighted by Crippen LogP contribution is -2.57. The van der Waals surface area contributed by atoms with E-state index in [4.69, 9.17) is 15.5 Å². The summed E-state index contributed by atoms with van der Waals surface area (Å²) in [6.07, 6.45) is 6.58. The summed E-state index contributed by atoms with van der Waals surface area (Å²) in [5.74, 6) is 1.08. The Morgan fingerprint density at radius 3 is 2.68 bits per heavy atom. The van der Waals surface area contributed by atoms with Gasteiger partial charge in [-0.3, -0.25) is 0 Å². The molecule has 1 spiro atoms. The zero-order valence-corrected chi connectivity index (χ0v) is 15.8. The Morgan fingerprint density at radius 2 is 2.04 bits per heavy atom. The van der Waals surface area contributed by atoms with Crippen LogP contribution < -0.4 is 16.0 Å². The number of ether oxygens (including phenoxy) is 1. The van der Waals surface area contributed by atoms with Crippen molar-refractivity contribution in [1.82, 2.24) is 4.98 Å². The van der Waals surface area contributed by atoms with Gasteiger partial charge in [0.15, 0.2) is 0 Å². The molecule has 2 heterocycles. The Morgan fingerprint density at radius 1 is 1.28 bits per heavy atom. The fourth-order valence-electron chi connectivity index (χ4n) is 5.03. The van der Waals surface area contributed by atoms with Crippen LogP contribution >= 0.6 is 0 Å². The zero-order chi connectivity index (χ0) is 17.6. The van der Waals surface area contributed by atoms with Crippen LogP contribution in [-0.4, -0.2) is 42.4 Å². The van der Waals surface area contributed by atoms with Gasteiger partial charge in [-0.1, -0.05) is 6.92 Å². The number of nitrogens with one attached hydrogen (secondary N) is 1. The smallest absolute Gasteiger partial charge is 0.129 e. The highest BCUT2D eigenvalue weighted by molar-refractivity contribution is 5.54. The van der Waals surface area contributed by atoms with Gasteiger partial charge in [0.2, 0.25) is 0 Å². The van der Waals surface area contributed by atoms with Crippen LogP contribution in [0.1, 0.15) is 51.6 Å². The molecule has 0 radical (unpaired) electrons. The van der Waals surface area contributed by atoms with Gasteiger partial charge >= 0.3 is 0 Å². The van der Waals surface area contributed by atoms with Crippen LogP contribution in [0.15, 0.2) is 12.1 Å². The largest absolute Gasteiger partial charge is 0.381 e. The average molecular weight is 345 g/mol. The molecule has 2 aliphatic carbocycles. The first-order valence-corrected chi connectivity index (χ1v) is 9.86. The molecule has 2 unspecified atom stereocenters. The number of morpholine rings is 1. The molecular weight excluding hydrogens is 312 g/mol. The molecule has 1 aromatic heterocycles. The Bertz CT molecular complexity index is 620. The molecule has 3 fully saturated rings. The second kappa shape index (κ2) is 6.44. The predicted molar refractivity (Wildman–Crippen MR) is 102 cm³/mol. The average Bonchev–Trinajstić information content (AvgIpc) is 2.52. The third kappa shape index (κ3) is 3.36. The van der Waals surface area contributed by atoms with Gasteiger partial charge in [-0.25, -0.2) is 4.98 Å². The standard InChI is InChI=1S/C20H32N4O/c1-4-17-12-24(11-13(2)25-17)19-6-5-18(14(3)22-19)23-16-9-20(10-16)7-15(21)8-20/h5-6,13,15-17,23H,4,7-12,21H2,1-3H3. The summed E-state index contributed by atoms with van der Waals surface area (Å²) in [4.78, 5) is 7.25. The first-order chi connectivity index (χ1) is 12.0.